The van der Waals surface area contributed by atoms with E-state index in [9.17, 15) is 0 Å². The van der Waals surface area contributed by atoms with Crippen molar-refractivity contribution in [2.75, 3.05) is 13.1 Å². The van der Waals surface area contributed by atoms with E-state index in [2.05, 4.69) is 23.8 Å². The number of aromatic nitrogens is 2. The Balaban J connectivity index is 2.13. The minimum absolute atomic E-state index is 0.285. The maximum Gasteiger partial charge on any atom is 0.0860 e. The minimum Gasteiger partial charge on any atom is -0.326 e. The molecule has 4 nitrogen and oxygen atoms in total. The molecule has 0 bridgehead atoms. The van der Waals surface area contributed by atoms with Crippen molar-refractivity contribution in [3.63, 3.8) is 0 Å². The smallest absolute Gasteiger partial charge is 0.0860 e. The number of aryl methyl sites for hydroxylation is 2. The molecule has 1 aromatic heterocycles. The van der Waals surface area contributed by atoms with E-state index in [0.717, 1.165) is 42.6 Å². The van der Waals surface area contributed by atoms with Gasteiger partial charge >= 0.3 is 0 Å². The lowest BCUT2D eigenvalue weighted by Crippen LogP contribution is -2.28. The highest BCUT2D eigenvalue weighted by molar-refractivity contribution is 6.31. The molecule has 0 spiro atoms. The summed E-state index contributed by atoms with van der Waals surface area (Å²) in [6.45, 7) is 9.95. The lowest BCUT2D eigenvalue weighted by molar-refractivity contribution is 0.307. The van der Waals surface area contributed by atoms with Gasteiger partial charge in [-0.1, -0.05) is 18.5 Å². The molecule has 5 heteroatoms. The highest BCUT2D eigenvalue weighted by Gasteiger charge is 2.28. The second-order valence-electron chi connectivity index (χ2n) is 5.00. The van der Waals surface area contributed by atoms with Crippen molar-refractivity contribution in [1.82, 2.24) is 14.7 Å². The Kier molecular flexibility index (Phi) is 3.76. The maximum atomic E-state index is 6.30. The molecular weight excluding hydrogens is 236 g/mol. The topological polar surface area (TPSA) is 47.1 Å². The van der Waals surface area contributed by atoms with Crippen LogP contribution in [0.1, 0.15) is 25.2 Å². The van der Waals surface area contributed by atoms with Crippen LogP contribution in [0.3, 0.4) is 0 Å². The van der Waals surface area contributed by atoms with Gasteiger partial charge in [0.25, 0.3) is 0 Å². The van der Waals surface area contributed by atoms with Crippen LogP contribution in [0.4, 0.5) is 0 Å². The van der Waals surface area contributed by atoms with Gasteiger partial charge in [-0.3, -0.25) is 9.58 Å². The molecule has 0 radical (unpaired) electrons. The summed E-state index contributed by atoms with van der Waals surface area (Å²) >= 11 is 6.30. The number of nitrogens with two attached hydrogens (primary N) is 1. The van der Waals surface area contributed by atoms with E-state index in [-0.39, 0.29) is 6.04 Å². The third-order valence-corrected chi connectivity index (χ3v) is 4.06. The lowest BCUT2D eigenvalue weighted by atomic mass is 10.1. The second kappa shape index (κ2) is 4.96. The van der Waals surface area contributed by atoms with Crippen LogP contribution >= 0.6 is 11.6 Å². The standard InChI is InChI=1S/C12H21ClN4/c1-4-17-11(12(13)9(3)15-17)7-16-5-8(2)10(14)6-16/h8,10H,4-7,14H2,1-3H3. The summed E-state index contributed by atoms with van der Waals surface area (Å²) in [6, 6.07) is 0.285. The molecule has 2 N–H and O–H groups in total. The molecule has 2 unspecified atom stereocenters. The molecule has 0 saturated carbocycles. The number of rotatable bonds is 3. The van der Waals surface area contributed by atoms with E-state index in [4.69, 9.17) is 17.3 Å². The van der Waals surface area contributed by atoms with Gasteiger partial charge in [0.1, 0.15) is 0 Å². The zero-order chi connectivity index (χ0) is 12.6. The molecule has 0 amide bonds. The number of hydrogen-bond acceptors (Lipinski definition) is 3. The van der Waals surface area contributed by atoms with Crippen molar-refractivity contribution < 1.29 is 0 Å². The van der Waals surface area contributed by atoms with Crippen molar-refractivity contribution >= 4 is 11.6 Å². The summed E-state index contributed by atoms with van der Waals surface area (Å²) in [4.78, 5) is 2.36. The first-order valence-electron chi connectivity index (χ1n) is 6.22. The van der Waals surface area contributed by atoms with E-state index in [1.54, 1.807) is 0 Å². The third kappa shape index (κ3) is 2.49. The Morgan fingerprint density at radius 3 is 2.71 bits per heavy atom. The molecule has 1 fully saturated rings. The zero-order valence-electron chi connectivity index (χ0n) is 10.8. The maximum absolute atomic E-state index is 6.30. The molecule has 1 aromatic rings. The van der Waals surface area contributed by atoms with Crippen LogP contribution in [0.5, 0.6) is 0 Å². The average Bonchev–Trinajstić information content (AvgIpc) is 2.74. The van der Waals surface area contributed by atoms with Crippen LogP contribution in [-0.4, -0.2) is 33.8 Å². The van der Waals surface area contributed by atoms with Crippen LogP contribution in [-0.2, 0) is 13.1 Å². The van der Waals surface area contributed by atoms with Gasteiger partial charge < -0.3 is 5.73 Å². The van der Waals surface area contributed by atoms with E-state index in [0.29, 0.717) is 5.92 Å². The minimum atomic E-state index is 0.285. The van der Waals surface area contributed by atoms with E-state index in [1.807, 2.05) is 11.6 Å². The number of halogens is 1. The van der Waals surface area contributed by atoms with Gasteiger partial charge in [-0.25, -0.2) is 0 Å². The molecular formula is C12H21ClN4. The molecule has 2 atom stereocenters. The van der Waals surface area contributed by atoms with Crippen LogP contribution in [0.15, 0.2) is 0 Å². The van der Waals surface area contributed by atoms with Crippen molar-refractivity contribution in [2.24, 2.45) is 11.7 Å². The van der Waals surface area contributed by atoms with Gasteiger partial charge in [-0.05, 0) is 19.8 Å². The van der Waals surface area contributed by atoms with Gasteiger partial charge in [0.2, 0.25) is 0 Å². The lowest BCUT2D eigenvalue weighted by Gasteiger charge is -2.16. The normalized spacial score (nSPS) is 25.7. The quantitative estimate of drug-likeness (QED) is 0.895. The van der Waals surface area contributed by atoms with Crippen LogP contribution in [0.2, 0.25) is 5.02 Å². The van der Waals surface area contributed by atoms with Crippen LogP contribution < -0.4 is 5.73 Å². The van der Waals surface area contributed by atoms with Crippen LogP contribution in [0.25, 0.3) is 0 Å². The van der Waals surface area contributed by atoms with Crippen molar-refractivity contribution in [3.05, 3.63) is 16.4 Å². The molecule has 2 rings (SSSR count). The number of nitrogens with zero attached hydrogens (tertiary/aromatic N) is 3. The second-order valence-corrected chi connectivity index (χ2v) is 5.38. The molecule has 0 aliphatic carbocycles. The fourth-order valence-electron chi connectivity index (χ4n) is 2.46. The number of hydrogen-bond donors (Lipinski definition) is 1. The Bertz CT molecular complexity index is 391. The highest BCUT2D eigenvalue weighted by atomic mass is 35.5. The monoisotopic (exact) mass is 256 g/mol. The van der Waals surface area contributed by atoms with E-state index >= 15 is 0 Å². The Hall–Kier alpha value is -0.580. The van der Waals surface area contributed by atoms with Gasteiger partial charge in [-0.15, -0.1) is 0 Å². The first-order chi connectivity index (χ1) is 8.02. The van der Waals surface area contributed by atoms with Crippen molar-refractivity contribution in [2.45, 2.75) is 39.9 Å². The highest BCUT2D eigenvalue weighted by Crippen LogP contribution is 2.24. The van der Waals surface area contributed by atoms with Crippen LogP contribution in [0, 0.1) is 12.8 Å². The molecule has 0 aromatic carbocycles. The van der Waals surface area contributed by atoms with E-state index < -0.39 is 0 Å². The molecule has 96 valence electrons. The summed E-state index contributed by atoms with van der Waals surface area (Å²) in [6.07, 6.45) is 0. The zero-order valence-corrected chi connectivity index (χ0v) is 11.5. The first-order valence-corrected chi connectivity index (χ1v) is 6.60. The first kappa shape index (κ1) is 12.9. The summed E-state index contributed by atoms with van der Waals surface area (Å²) in [7, 11) is 0. The predicted octanol–water partition coefficient (Wildman–Crippen LogP) is 1.64. The fourth-order valence-corrected chi connectivity index (χ4v) is 2.65. The molecule has 1 saturated heterocycles. The summed E-state index contributed by atoms with van der Waals surface area (Å²) in [5.41, 5.74) is 8.07. The number of likely N-dealkylation sites (tertiary alicyclic amines) is 1. The summed E-state index contributed by atoms with van der Waals surface area (Å²) in [5.74, 6) is 0.563. The molecule has 17 heavy (non-hydrogen) atoms. The van der Waals surface area contributed by atoms with Gasteiger partial charge in [-0.2, -0.15) is 5.10 Å². The Morgan fingerprint density at radius 2 is 2.18 bits per heavy atom. The van der Waals surface area contributed by atoms with Crippen molar-refractivity contribution in [1.29, 1.82) is 0 Å². The third-order valence-electron chi connectivity index (χ3n) is 3.57. The Labute approximate surface area is 108 Å². The predicted molar refractivity (Wildman–Crippen MR) is 70.1 cm³/mol. The fraction of sp³-hybridized carbons (Fsp3) is 0.750. The van der Waals surface area contributed by atoms with Gasteiger partial charge in [0.05, 0.1) is 16.4 Å². The largest absolute Gasteiger partial charge is 0.326 e. The SMILES string of the molecule is CCn1nc(C)c(Cl)c1CN1CC(C)C(N)C1. The van der Waals surface area contributed by atoms with Gasteiger partial charge in [0, 0.05) is 32.2 Å². The van der Waals surface area contributed by atoms with Gasteiger partial charge in [0.15, 0.2) is 0 Å². The Morgan fingerprint density at radius 1 is 1.47 bits per heavy atom. The summed E-state index contributed by atoms with van der Waals surface area (Å²) < 4.78 is 1.99. The van der Waals surface area contributed by atoms with Crippen molar-refractivity contribution in [3.8, 4) is 0 Å². The average molecular weight is 257 g/mol. The van der Waals surface area contributed by atoms with E-state index in [1.165, 1.54) is 0 Å². The molecule has 1 aliphatic rings. The molecule has 1 aliphatic heterocycles. The molecule has 2 heterocycles. The summed E-state index contributed by atoms with van der Waals surface area (Å²) in [5, 5.41) is 5.24.